The van der Waals surface area contributed by atoms with Crippen molar-refractivity contribution in [2.45, 2.75) is 117 Å². The lowest BCUT2D eigenvalue weighted by Crippen LogP contribution is -2.64. The van der Waals surface area contributed by atoms with Crippen LogP contribution in [-0.4, -0.2) is 27.4 Å². The van der Waals surface area contributed by atoms with Gasteiger partial charge < -0.3 is 9.38 Å². The molecule has 5 heterocycles. The number of rotatable bonds is 3. The molecule has 67 heavy (non-hydrogen) atoms. The van der Waals surface area contributed by atoms with Gasteiger partial charge in [0, 0.05) is 56.4 Å². The lowest BCUT2D eigenvalue weighted by molar-refractivity contribution is 0.588. The lowest BCUT2D eigenvalue weighted by Gasteiger charge is -2.44. The molecule has 332 valence electrons. The summed E-state index contributed by atoms with van der Waals surface area (Å²) in [7, 11) is 0. The highest BCUT2D eigenvalue weighted by atomic mass is 15.2. The second-order valence-corrected chi connectivity index (χ2v) is 23.9. The first-order valence-corrected chi connectivity index (χ1v) is 24.4. The molecule has 4 nitrogen and oxygen atoms in total. The van der Waals surface area contributed by atoms with Crippen molar-refractivity contribution >= 4 is 50.8 Å². The maximum Gasteiger partial charge on any atom is 0.329 e. The summed E-state index contributed by atoms with van der Waals surface area (Å²) in [5, 5.41) is 2.70. The van der Waals surface area contributed by atoms with Gasteiger partial charge in [0.1, 0.15) is 0 Å². The molecule has 2 unspecified atom stereocenters. The molecule has 0 spiro atoms. The van der Waals surface area contributed by atoms with Gasteiger partial charge in [0.05, 0.1) is 22.4 Å². The molecular formula is C62H61BN4. The third kappa shape index (κ3) is 6.40. The summed E-state index contributed by atoms with van der Waals surface area (Å²) in [5.41, 5.74) is 22.7. The molecular weight excluding hydrogens is 812 g/mol. The molecule has 12 rings (SSSR count). The van der Waals surface area contributed by atoms with Gasteiger partial charge in [-0.2, -0.15) is 0 Å². The molecule has 0 bridgehead atoms. The standard InChI is InChI=1S/C62H61BN4/c1-59(2,3)39-24-26-52-44(28-39)47-32-41(61(7,8)9)33-49-57(47)66(52)54-34-42(62(10,11)12)29-45-48-31-40(60(4,5)6)30-46-43-27-38(23-25-53(43)67(56(46)48)63(49)55(45)54)58-64-50(36-19-15-13-16-20-36)35-51(65-58)37-21-17-14-18-22-37/h13-35,43,53H,1-12H3. The highest BCUT2D eigenvalue weighted by molar-refractivity contribution is 6.93. The zero-order valence-corrected chi connectivity index (χ0v) is 41.3. The Bertz CT molecular complexity index is 3390. The largest absolute Gasteiger partial charge is 0.399 e. The zero-order chi connectivity index (χ0) is 46.7. The fourth-order valence-corrected chi connectivity index (χ4v) is 11.5. The van der Waals surface area contributed by atoms with Gasteiger partial charge in [-0.25, -0.2) is 9.97 Å². The van der Waals surface area contributed by atoms with E-state index < -0.39 is 0 Å². The molecule has 0 saturated carbocycles. The number of nitrogens with zero attached hydrogens (tertiary/aromatic N) is 4. The van der Waals surface area contributed by atoms with Crippen LogP contribution < -0.4 is 15.7 Å². The first kappa shape index (κ1) is 41.9. The van der Waals surface area contributed by atoms with Crippen LogP contribution in [0.5, 0.6) is 0 Å². The van der Waals surface area contributed by atoms with E-state index in [-0.39, 0.29) is 40.5 Å². The Morgan fingerprint density at radius 2 is 1.10 bits per heavy atom. The molecule has 0 fully saturated rings. The average molecular weight is 873 g/mol. The van der Waals surface area contributed by atoms with E-state index in [1.54, 1.807) is 0 Å². The molecule has 4 aliphatic rings. The molecule has 0 N–H and O–H groups in total. The Hall–Kier alpha value is -6.46. The smallest absolute Gasteiger partial charge is 0.329 e. The fraction of sp³-hybridized carbons (Fsp3) is 0.290. The van der Waals surface area contributed by atoms with Crippen molar-refractivity contribution < 1.29 is 0 Å². The highest BCUT2D eigenvalue weighted by Crippen LogP contribution is 2.55. The van der Waals surface area contributed by atoms with E-state index in [0.29, 0.717) is 0 Å². The summed E-state index contributed by atoms with van der Waals surface area (Å²) in [6, 6.07) is 45.9. The Labute approximate surface area is 397 Å². The summed E-state index contributed by atoms with van der Waals surface area (Å²) < 4.78 is 2.66. The number of aromatic nitrogens is 3. The fourth-order valence-electron chi connectivity index (χ4n) is 11.5. The SMILES string of the molecule is CC(C)(C)c1cc2c3c(c1)C1C=C(c4nc(-c5ccccc5)cc(-c5ccccc5)n4)C=CC1N3B1c3c-2cc(C(C)(C)C)cc3-n2c3ccc(C(C)(C)C)cc3c3cc(C(C)(C)C)cc1c32. The molecule has 0 amide bonds. The highest BCUT2D eigenvalue weighted by Gasteiger charge is 2.52. The summed E-state index contributed by atoms with van der Waals surface area (Å²) >= 11 is 0. The van der Waals surface area contributed by atoms with Crippen molar-refractivity contribution in [3.63, 3.8) is 0 Å². The van der Waals surface area contributed by atoms with Crippen molar-refractivity contribution in [3.8, 4) is 39.3 Å². The van der Waals surface area contributed by atoms with Crippen molar-refractivity contribution in [1.29, 1.82) is 0 Å². The molecule has 6 aromatic carbocycles. The molecule has 5 heteroatoms. The number of anilines is 1. The Morgan fingerprint density at radius 3 is 1.72 bits per heavy atom. The van der Waals surface area contributed by atoms with Gasteiger partial charge in [0.2, 0.25) is 0 Å². The van der Waals surface area contributed by atoms with Gasteiger partial charge in [0.15, 0.2) is 5.82 Å². The van der Waals surface area contributed by atoms with Crippen LogP contribution in [0.2, 0.25) is 0 Å². The Kier molecular flexibility index (Phi) is 8.79. The Balaban J connectivity index is 1.15. The normalized spacial score (nSPS) is 17.2. The number of benzene rings is 6. The van der Waals surface area contributed by atoms with E-state index in [0.717, 1.165) is 33.9 Å². The number of hydrogen-bond acceptors (Lipinski definition) is 3. The van der Waals surface area contributed by atoms with Crippen LogP contribution in [-0.2, 0) is 21.7 Å². The summed E-state index contributed by atoms with van der Waals surface area (Å²) in [6.07, 6.45) is 7.32. The maximum atomic E-state index is 5.34. The summed E-state index contributed by atoms with van der Waals surface area (Å²) in [5.74, 6) is 0.845. The zero-order valence-electron chi connectivity index (χ0n) is 41.3. The number of fused-ring (bicyclic) bond motifs is 10. The third-order valence-electron chi connectivity index (χ3n) is 15.3. The van der Waals surface area contributed by atoms with Gasteiger partial charge >= 0.3 is 6.85 Å². The monoisotopic (exact) mass is 872 g/mol. The van der Waals surface area contributed by atoms with Gasteiger partial charge in [-0.15, -0.1) is 0 Å². The van der Waals surface area contributed by atoms with E-state index in [4.69, 9.17) is 9.97 Å². The predicted molar refractivity (Wildman–Crippen MR) is 285 cm³/mol. The molecule has 0 radical (unpaired) electrons. The van der Waals surface area contributed by atoms with E-state index >= 15 is 0 Å². The van der Waals surface area contributed by atoms with E-state index in [9.17, 15) is 0 Å². The minimum Gasteiger partial charge on any atom is -0.399 e. The summed E-state index contributed by atoms with van der Waals surface area (Å²) in [4.78, 5) is 13.5. The number of hydrogen-bond donors (Lipinski definition) is 0. The summed E-state index contributed by atoms with van der Waals surface area (Å²) in [6.45, 7) is 28.4. The molecule has 1 aliphatic carbocycles. The third-order valence-corrected chi connectivity index (χ3v) is 15.3. The topological polar surface area (TPSA) is 34.0 Å². The first-order chi connectivity index (χ1) is 31.7. The molecule has 8 aromatic rings. The Morgan fingerprint density at radius 1 is 0.537 bits per heavy atom. The predicted octanol–water partition coefficient (Wildman–Crippen LogP) is 14.1. The van der Waals surface area contributed by atoms with Gasteiger partial charge in [0.25, 0.3) is 0 Å². The van der Waals surface area contributed by atoms with Crippen molar-refractivity contribution in [2.75, 3.05) is 4.81 Å². The van der Waals surface area contributed by atoms with Crippen LogP contribution in [0.1, 0.15) is 123 Å². The second kappa shape index (κ2) is 14.0. The van der Waals surface area contributed by atoms with Crippen LogP contribution in [0.25, 0.3) is 66.7 Å². The quantitative estimate of drug-likeness (QED) is 0.166. The van der Waals surface area contributed by atoms with E-state index in [1.807, 2.05) is 0 Å². The van der Waals surface area contributed by atoms with Gasteiger partial charge in [-0.1, -0.05) is 186 Å². The maximum absolute atomic E-state index is 5.34. The molecule has 0 saturated heterocycles. The van der Waals surface area contributed by atoms with Crippen LogP contribution in [0.4, 0.5) is 5.69 Å². The minimum atomic E-state index is -0.0674. The van der Waals surface area contributed by atoms with Gasteiger partial charge in [-0.05, 0) is 102 Å². The van der Waals surface area contributed by atoms with Gasteiger partial charge in [-0.3, -0.25) is 0 Å². The van der Waals surface area contributed by atoms with Crippen LogP contribution in [0.15, 0.2) is 140 Å². The molecule has 2 aromatic heterocycles. The van der Waals surface area contributed by atoms with E-state index in [1.165, 1.54) is 83.1 Å². The average Bonchev–Trinajstić information content (AvgIpc) is 3.81. The van der Waals surface area contributed by atoms with E-state index in [2.05, 4.69) is 232 Å². The van der Waals surface area contributed by atoms with Crippen LogP contribution >= 0.6 is 0 Å². The first-order valence-electron chi connectivity index (χ1n) is 24.4. The van der Waals surface area contributed by atoms with Crippen LogP contribution in [0.3, 0.4) is 0 Å². The lowest BCUT2D eigenvalue weighted by atomic mass is 9.43. The van der Waals surface area contributed by atoms with Crippen LogP contribution in [0, 0.1) is 0 Å². The van der Waals surface area contributed by atoms with Crippen molar-refractivity contribution in [2.24, 2.45) is 0 Å². The molecule has 3 aliphatic heterocycles. The molecule has 2 atom stereocenters. The minimum absolute atomic E-state index is 0.00592. The van der Waals surface area contributed by atoms with Crippen molar-refractivity contribution in [1.82, 2.24) is 14.5 Å². The second-order valence-electron chi connectivity index (χ2n) is 23.9. The number of allylic oxidation sites excluding steroid dienone is 2. The van der Waals surface area contributed by atoms with Crippen molar-refractivity contribution in [3.05, 3.63) is 173 Å².